The van der Waals surface area contributed by atoms with Crippen LogP contribution >= 0.6 is 0 Å². The molecule has 1 aromatic carbocycles. The van der Waals surface area contributed by atoms with Crippen molar-refractivity contribution in [3.8, 4) is 17.1 Å². The first kappa shape index (κ1) is 19.5. The maximum atomic E-state index is 5.36. The lowest BCUT2D eigenvalue weighted by Crippen LogP contribution is -2.45. The van der Waals surface area contributed by atoms with Crippen molar-refractivity contribution in [3.63, 3.8) is 0 Å². The highest BCUT2D eigenvalue weighted by Gasteiger charge is 2.51. The molecule has 0 spiro atoms. The molecule has 28 heavy (non-hydrogen) atoms. The first-order valence-electron chi connectivity index (χ1n) is 11.1. The predicted octanol–water partition coefficient (Wildman–Crippen LogP) is 5.97. The van der Waals surface area contributed by atoms with Gasteiger partial charge in [-0.2, -0.15) is 0 Å². The summed E-state index contributed by atoms with van der Waals surface area (Å²) in [4.78, 5) is 0. The van der Waals surface area contributed by atoms with Crippen LogP contribution < -0.4 is 4.74 Å². The molecule has 3 saturated carbocycles. The minimum absolute atomic E-state index is 0.243. The Bertz CT molecular complexity index is 814. The smallest absolute Gasteiger partial charge is 0.163 e. The largest absolute Gasteiger partial charge is 0.497 e. The van der Waals surface area contributed by atoms with Gasteiger partial charge in [0.15, 0.2) is 5.82 Å². The number of nitrogens with zero attached hydrogens (tertiary/aromatic N) is 3. The van der Waals surface area contributed by atoms with Crippen LogP contribution in [-0.4, -0.2) is 21.9 Å². The molecule has 0 atom stereocenters. The average Bonchev–Trinajstić information content (AvgIpc) is 3.11. The van der Waals surface area contributed by atoms with Crippen LogP contribution in [0.3, 0.4) is 0 Å². The third kappa shape index (κ3) is 3.25. The number of benzene rings is 1. The molecule has 3 aliphatic rings. The van der Waals surface area contributed by atoms with Gasteiger partial charge in [-0.15, -0.1) is 10.2 Å². The Hall–Kier alpha value is -1.84. The van der Waals surface area contributed by atoms with Crippen LogP contribution in [0.4, 0.5) is 0 Å². The van der Waals surface area contributed by atoms with Gasteiger partial charge in [0.25, 0.3) is 0 Å². The molecule has 0 radical (unpaired) electrons. The van der Waals surface area contributed by atoms with Gasteiger partial charge in [0.1, 0.15) is 11.6 Å². The number of rotatable bonds is 7. The Morgan fingerprint density at radius 1 is 1.04 bits per heavy atom. The maximum absolute atomic E-state index is 5.36. The fourth-order valence-electron chi connectivity index (χ4n) is 5.76. The van der Waals surface area contributed by atoms with E-state index in [1.165, 1.54) is 75.6 Å². The van der Waals surface area contributed by atoms with E-state index in [4.69, 9.17) is 9.84 Å². The fraction of sp³-hybridized carbons (Fsp3) is 0.667. The van der Waals surface area contributed by atoms with Gasteiger partial charge in [0.05, 0.1) is 7.11 Å². The van der Waals surface area contributed by atoms with E-state index in [0.29, 0.717) is 5.41 Å². The number of aromatic nitrogens is 3. The van der Waals surface area contributed by atoms with Crippen LogP contribution in [0, 0.1) is 12.3 Å². The first-order valence-corrected chi connectivity index (χ1v) is 11.1. The highest BCUT2D eigenvalue weighted by atomic mass is 16.5. The molecule has 0 N–H and O–H groups in total. The molecule has 1 heterocycles. The summed E-state index contributed by atoms with van der Waals surface area (Å²) in [6, 6.07) is 6.20. The fourth-order valence-corrected chi connectivity index (χ4v) is 5.76. The normalized spacial score (nSPS) is 26.6. The molecule has 1 aromatic heterocycles. The minimum atomic E-state index is 0.243. The van der Waals surface area contributed by atoms with Crippen LogP contribution in [0.1, 0.15) is 82.5 Å². The van der Waals surface area contributed by atoms with E-state index in [0.717, 1.165) is 17.1 Å². The summed E-state index contributed by atoms with van der Waals surface area (Å²) in [5, 5.41) is 9.38. The molecule has 152 valence electrons. The Morgan fingerprint density at radius 3 is 2.36 bits per heavy atom. The highest BCUT2D eigenvalue weighted by molar-refractivity contribution is 5.62. The predicted molar refractivity (Wildman–Crippen MR) is 114 cm³/mol. The van der Waals surface area contributed by atoms with E-state index in [-0.39, 0.29) is 5.41 Å². The molecule has 0 unspecified atom stereocenters. The number of hydrogen-bond acceptors (Lipinski definition) is 3. The number of fused-ring (bicyclic) bond motifs is 3. The van der Waals surface area contributed by atoms with Crippen LogP contribution in [0.25, 0.3) is 11.4 Å². The molecular formula is C24H35N3O. The summed E-state index contributed by atoms with van der Waals surface area (Å²) in [6.45, 7) is 4.43. The molecule has 3 fully saturated rings. The molecule has 4 heteroatoms. The first-order chi connectivity index (χ1) is 13.5. The maximum Gasteiger partial charge on any atom is 0.163 e. The highest BCUT2D eigenvalue weighted by Crippen LogP contribution is 2.59. The van der Waals surface area contributed by atoms with Crippen molar-refractivity contribution in [3.05, 3.63) is 29.6 Å². The van der Waals surface area contributed by atoms with Gasteiger partial charge in [-0.05, 0) is 81.0 Å². The van der Waals surface area contributed by atoms with Crippen molar-refractivity contribution < 1.29 is 4.74 Å². The molecule has 2 aromatic rings. The van der Waals surface area contributed by atoms with Crippen LogP contribution in [0.2, 0.25) is 0 Å². The van der Waals surface area contributed by atoms with Crippen molar-refractivity contribution in [2.24, 2.45) is 12.5 Å². The van der Waals surface area contributed by atoms with Gasteiger partial charge in [0.2, 0.25) is 0 Å². The zero-order valence-corrected chi connectivity index (χ0v) is 18.1. The summed E-state index contributed by atoms with van der Waals surface area (Å²) >= 11 is 0. The molecular weight excluding hydrogens is 346 g/mol. The lowest BCUT2D eigenvalue weighted by Gasteiger charge is -2.53. The SMILES string of the molecule is CCCCCC12CCC(c3nnc(-c4ccc(OC)cc4C)n3C)(CC1)CC2. The van der Waals surface area contributed by atoms with Crippen molar-refractivity contribution in [1.29, 1.82) is 0 Å². The zero-order valence-electron chi connectivity index (χ0n) is 18.1. The summed E-state index contributed by atoms with van der Waals surface area (Å²) in [5.41, 5.74) is 3.21. The van der Waals surface area contributed by atoms with Crippen molar-refractivity contribution in [2.45, 2.75) is 83.5 Å². The molecule has 5 rings (SSSR count). The van der Waals surface area contributed by atoms with Crippen molar-refractivity contribution >= 4 is 0 Å². The van der Waals surface area contributed by atoms with E-state index in [1.807, 2.05) is 6.07 Å². The summed E-state index contributed by atoms with van der Waals surface area (Å²) in [6.07, 6.45) is 13.5. The standard InChI is InChI=1S/C24H35N3O/c1-5-6-7-10-23-11-14-24(15-12-23,16-13-23)22-26-25-21(27(22)3)20-9-8-19(28-4)17-18(20)2/h8-9,17H,5-7,10-16H2,1-4H3. The Labute approximate surface area is 169 Å². The summed E-state index contributed by atoms with van der Waals surface area (Å²) in [7, 11) is 3.86. The number of ether oxygens (including phenoxy) is 1. The number of aryl methyl sites for hydroxylation is 1. The lowest BCUT2D eigenvalue weighted by molar-refractivity contribution is 0.0250. The summed E-state index contributed by atoms with van der Waals surface area (Å²) in [5.74, 6) is 3.08. The average molecular weight is 382 g/mol. The number of unbranched alkanes of at least 4 members (excludes halogenated alkanes) is 2. The van der Waals surface area contributed by atoms with Crippen LogP contribution in [0.5, 0.6) is 5.75 Å². The van der Waals surface area contributed by atoms with Gasteiger partial charge in [-0.1, -0.05) is 26.2 Å². The minimum Gasteiger partial charge on any atom is -0.497 e. The van der Waals surface area contributed by atoms with E-state index in [2.05, 4.69) is 42.7 Å². The van der Waals surface area contributed by atoms with Crippen LogP contribution in [0.15, 0.2) is 18.2 Å². The third-order valence-electron chi connectivity index (χ3n) is 7.74. The van der Waals surface area contributed by atoms with Gasteiger partial charge in [0, 0.05) is 18.0 Å². The lowest BCUT2D eigenvalue weighted by atomic mass is 9.52. The molecule has 4 nitrogen and oxygen atoms in total. The second-order valence-corrected chi connectivity index (χ2v) is 9.32. The number of methoxy groups -OCH3 is 1. The van der Waals surface area contributed by atoms with Gasteiger partial charge in [-0.25, -0.2) is 0 Å². The van der Waals surface area contributed by atoms with Crippen molar-refractivity contribution in [2.75, 3.05) is 7.11 Å². The topological polar surface area (TPSA) is 39.9 Å². The van der Waals surface area contributed by atoms with Gasteiger partial charge >= 0.3 is 0 Å². The molecule has 0 aliphatic heterocycles. The second-order valence-electron chi connectivity index (χ2n) is 9.32. The monoisotopic (exact) mass is 381 g/mol. The van der Waals surface area contributed by atoms with Gasteiger partial charge < -0.3 is 9.30 Å². The second kappa shape index (κ2) is 7.53. The summed E-state index contributed by atoms with van der Waals surface area (Å²) < 4.78 is 7.62. The third-order valence-corrected chi connectivity index (χ3v) is 7.74. The van der Waals surface area contributed by atoms with Crippen LogP contribution in [-0.2, 0) is 12.5 Å². The Kier molecular flexibility index (Phi) is 5.24. The molecule has 0 saturated heterocycles. The molecule has 0 amide bonds. The Balaban J connectivity index is 1.56. The van der Waals surface area contributed by atoms with Gasteiger partial charge in [-0.3, -0.25) is 0 Å². The Morgan fingerprint density at radius 2 is 1.75 bits per heavy atom. The molecule has 2 bridgehead atoms. The van der Waals surface area contributed by atoms with Crippen molar-refractivity contribution in [1.82, 2.24) is 14.8 Å². The van der Waals surface area contributed by atoms with E-state index >= 15 is 0 Å². The van der Waals surface area contributed by atoms with E-state index < -0.39 is 0 Å². The van der Waals surface area contributed by atoms with E-state index in [9.17, 15) is 0 Å². The number of hydrogen-bond donors (Lipinski definition) is 0. The quantitative estimate of drug-likeness (QED) is 0.555. The zero-order chi connectivity index (χ0) is 19.8. The molecule has 3 aliphatic carbocycles. The van der Waals surface area contributed by atoms with E-state index in [1.54, 1.807) is 7.11 Å².